The number of benzene rings is 1. The lowest BCUT2D eigenvalue weighted by Crippen LogP contribution is -2.45. The Balaban J connectivity index is 1.43. The highest BCUT2D eigenvalue weighted by molar-refractivity contribution is 5.77. The summed E-state index contributed by atoms with van der Waals surface area (Å²) in [4.78, 5) is 24.7. The minimum Gasteiger partial charge on any atom is -0.376 e. The standard InChI is InChI=1S/C26H43N7O4/c1-17-11-19(3-5-21(17)27)13-20-4-6-22(18(2)12-20)30-24-14-23(29-16-31-9-7-28-8-10-31)25(32(34)35)15-26(24)33(36)37/h14-15,17-22,28-30H,3-13,16,27H2,1-2H3. The lowest BCUT2D eigenvalue weighted by atomic mass is 9.71. The van der Waals surface area contributed by atoms with Crippen molar-refractivity contribution in [2.24, 2.45) is 29.4 Å². The number of nitrogens with two attached hydrogens (primary N) is 1. The lowest BCUT2D eigenvalue weighted by Gasteiger charge is -2.39. The molecule has 3 fully saturated rings. The van der Waals surface area contributed by atoms with Crippen LogP contribution in [0.1, 0.15) is 58.8 Å². The molecular formula is C26H43N7O4. The molecule has 6 unspecified atom stereocenters. The molecule has 11 nitrogen and oxygen atoms in total. The van der Waals surface area contributed by atoms with Crippen molar-refractivity contribution in [1.82, 2.24) is 10.2 Å². The lowest BCUT2D eigenvalue weighted by molar-refractivity contribution is -0.393. The SMILES string of the molecule is CC1CC(CC2CCC(Nc3cc(NCN4CCNCC4)c([N+](=O)[O-])cc3[N+](=O)[O-])C(C)C2)CCC1N. The summed E-state index contributed by atoms with van der Waals surface area (Å²) < 4.78 is 0. The van der Waals surface area contributed by atoms with Crippen molar-refractivity contribution in [1.29, 1.82) is 0 Å². The number of hydrogen-bond donors (Lipinski definition) is 4. The first-order valence-corrected chi connectivity index (χ1v) is 13.9. The molecule has 0 amide bonds. The van der Waals surface area contributed by atoms with E-state index in [-0.39, 0.29) is 17.4 Å². The Labute approximate surface area is 219 Å². The molecule has 1 saturated heterocycles. The Morgan fingerprint density at radius 2 is 1.57 bits per heavy atom. The summed E-state index contributed by atoms with van der Waals surface area (Å²) in [5, 5.41) is 33.5. The van der Waals surface area contributed by atoms with Gasteiger partial charge in [0.2, 0.25) is 0 Å². The van der Waals surface area contributed by atoms with Crippen LogP contribution in [0.5, 0.6) is 0 Å². The third-order valence-corrected chi connectivity index (χ3v) is 8.84. The second-order valence-corrected chi connectivity index (χ2v) is 11.6. The molecule has 4 rings (SSSR count). The third kappa shape index (κ3) is 7.08. The number of rotatable bonds is 9. The van der Waals surface area contributed by atoms with Crippen LogP contribution in [-0.4, -0.2) is 59.7 Å². The molecule has 2 aliphatic carbocycles. The highest BCUT2D eigenvalue weighted by atomic mass is 16.6. The second kappa shape index (κ2) is 12.4. The van der Waals surface area contributed by atoms with Gasteiger partial charge in [0.25, 0.3) is 11.4 Å². The van der Waals surface area contributed by atoms with Gasteiger partial charge in [0.15, 0.2) is 0 Å². The van der Waals surface area contributed by atoms with Crippen LogP contribution in [0.25, 0.3) is 0 Å². The van der Waals surface area contributed by atoms with Crippen molar-refractivity contribution in [3.8, 4) is 0 Å². The number of nitrogens with zero attached hydrogens (tertiary/aromatic N) is 3. The number of anilines is 2. The van der Waals surface area contributed by atoms with Gasteiger partial charge >= 0.3 is 0 Å². The molecule has 2 saturated carbocycles. The molecule has 6 atom stereocenters. The summed E-state index contributed by atoms with van der Waals surface area (Å²) >= 11 is 0. The zero-order valence-electron chi connectivity index (χ0n) is 22.2. The molecule has 0 spiro atoms. The zero-order chi connectivity index (χ0) is 26.5. The predicted molar refractivity (Wildman–Crippen MR) is 146 cm³/mol. The van der Waals surface area contributed by atoms with Gasteiger partial charge < -0.3 is 21.7 Å². The molecule has 1 heterocycles. The van der Waals surface area contributed by atoms with Crippen LogP contribution >= 0.6 is 0 Å². The van der Waals surface area contributed by atoms with Crippen LogP contribution in [0.4, 0.5) is 22.7 Å². The van der Waals surface area contributed by atoms with Crippen molar-refractivity contribution in [3.63, 3.8) is 0 Å². The summed E-state index contributed by atoms with van der Waals surface area (Å²) in [5.41, 5.74) is 6.35. The Morgan fingerprint density at radius 3 is 2.19 bits per heavy atom. The van der Waals surface area contributed by atoms with Crippen molar-refractivity contribution >= 4 is 22.7 Å². The van der Waals surface area contributed by atoms with Crippen LogP contribution in [0.2, 0.25) is 0 Å². The first-order valence-electron chi connectivity index (χ1n) is 13.9. The summed E-state index contributed by atoms with van der Waals surface area (Å²) in [6, 6.07) is 3.08. The Bertz CT molecular complexity index is 955. The van der Waals surface area contributed by atoms with Gasteiger partial charge in [0.05, 0.1) is 22.6 Å². The van der Waals surface area contributed by atoms with Gasteiger partial charge in [-0.05, 0) is 74.7 Å². The van der Waals surface area contributed by atoms with E-state index in [1.54, 1.807) is 6.07 Å². The highest BCUT2D eigenvalue weighted by Crippen LogP contribution is 2.41. The number of hydrogen-bond acceptors (Lipinski definition) is 9. The molecule has 1 aromatic rings. The fourth-order valence-corrected chi connectivity index (χ4v) is 6.56. The van der Waals surface area contributed by atoms with Gasteiger partial charge in [0, 0.05) is 38.3 Å². The quantitative estimate of drug-likeness (QED) is 0.280. The van der Waals surface area contributed by atoms with E-state index in [1.807, 2.05) is 0 Å². The van der Waals surface area contributed by atoms with Crippen molar-refractivity contribution in [2.75, 3.05) is 43.5 Å². The van der Waals surface area contributed by atoms with Gasteiger partial charge in [-0.2, -0.15) is 0 Å². The smallest absolute Gasteiger partial charge is 0.299 e. The molecule has 1 aliphatic heterocycles. The fraction of sp³-hybridized carbons (Fsp3) is 0.769. The maximum absolute atomic E-state index is 11.9. The van der Waals surface area contributed by atoms with Gasteiger partial charge in [0.1, 0.15) is 11.4 Å². The van der Waals surface area contributed by atoms with Gasteiger partial charge in [-0.15, -0.1) is 0 Å². The highest BCUT2D eigenvalue weighted by Gasteiger charge is 2.33. The monoisotopic (exact) mass is 517 g/mol. The second-order valence-electron chi connectivity index (χ2n) is 11.6. The van der Waals surface area contributed by atoms with Crippen LogP contribution in [0.3, 0.4) is 0 Å². The number of nitrogens with one attached hydrogen (secondary N) is 3. The average Bonchev–Trinajstić information content (AvgIpc) is 2.87. The Morgan fingerprint density at radius 1 is 0.946 bits per heavy atom. The number of piperazine rings is 1. The summed E-state index contributed by atoms with van der Waals surface area (Å²) in [7, 11) is 0. The molecule has 5 N–H and O–H groups in total. The van der Waals surface area contributed by atoms with E-state index in [9.17, 15) is 20.2 Å². The predicted octanol–water partition coefficient (Wildman–Crippen LogP) is 4.15. The molecule has 0 bridgehead atoms. The average molecular weight is 518 g/mol. The minimum atomic E-state index is -0.552. The summed E-state index contributed by atoms with van der Waals surface area (Å²) in [5.74, 6) is 2.36. The van der Waals surface area contributed by atoms with E-state index < -0.39 is 9.85 Å². The largest absolute Gasteiger partial charge is 0.376 e. The first kappa shape index (κ1) is 27.5. The van der Waals surface area contributed by atoms with Crippen LogP contribution in [0, 0.1) is 43.9 Å². The Kier molecular flexibility index (Phi) is 9.20. The molecule has 0 aromatic heterocycles. The summed E-state index contributed by atoms with van der Waals surface area (Å²) in [6.45, 7) is 8.34. The van der Waals surface area contributed by atoms with Crippen LogP contribution < -0.4 is 21.7 Å². The normalized spacial score (nSPS) is 31.0. The topological polar surface area (TPSA) is 152 Å². The van der Waals surface area contributed by atoms with Crippen molar-refractivity contribution < 1.29 is 9.85 Å². The molecule has 0 radical (unpaired) electrons. The number of nitro groups is 2. The van der Waals surface area contributed by atoms with Gasteiger partial charge in [-0.25, -0.2) is 0 Å². The third-order valence-electron chi connectivity index (χ3n) is 8.84. The zero-order valence-corrected chi connectivity index (χ0v) is 22.2. The minimum absolute atomic E-state index is 0.0936. The van der Waals surface area contributed by atoms with E-state index >= 15 is 0 Å². The molecule has 11 heteroatoms. The molecule has 206 valence electrons. The molecule has 37 heavy (non-hydrogen) atoms. The van der Waals surface area contributed by atoms with E-state index in [0.717, 1.165) is 63.8 Å². The number of nitro benzene ring substituents is 2. The fourth-order valence-electron chi connectivity index (χ4n) is 6.56. The maximum atomic E-state index is 11.9. The van der Waals surface area contributed by atoms with E-state index in [2.05, 4.69) is 34.7 Å². The van der Waals surface area contributed by atoms with Crippen molar-refractivity contribution in [2.45, 2.75) is 70.9 Å². The van der Waals surface area contributed by atoms with Gasteiger partial charge in [-0.1, -0.05) is 13.8 Å². The molecular weight excluding hydrogens is 474 g/mol. The molecule has 1 aromatic carbocycles. The van der Waals surface area contributed by atoms with E-state index in [0.29, 0.717) is 41.8 Å². The van der Waals surface area contributed by atoms with Crippen LogP contribution in [0.15, 0.2) is 12.1 Å². The summed E-state index contributed by atoms with van der Waals surface area (Å²) in [6.07, 6.45) is 7.91. The first-order chi connectivity index (χ1) is 17.7. The van der Waals surface area contributed by atoms with E-state index in [4.69, 9.17) is 5.73 Å². The molecule has 3 aliphatic rings. The van der Waals surface area contributed by atoms with Crippen molar-refractivity contribution in [3.05, 3.63) is 32.4 Å². The maximum Gasteiger partial charge on any atom is 0.299 e. The Hall–Kier alpha value is -2.50. The van der Waals surface area contributed by atoms with Gasteiger partial charge in [-0.3, -0.25) is 25.1 Å². The van der Waals surface area contributed by atoms with E-state index in [1.165, 1.54) is 19.3 Å². The van der Waals surface area contributed by atoms with Crippen LogP contribution in [-0.2, 0) is 0 Å².